The predicted octanol–water partition coefficient (Wildman–Crippen LogP) is 3.74. The molecule has 0 atom stereocenters. The molecule has 0 aliphatic heterocycles. The second kappa shape index (κ2) is 5.21. The second-order valence-corrected chi connectivity index (χ2v) is 4.89. The van der Waals surface area contributed by atoms with Gasteiger partial charge in [-0.3, -0.25) is 4.98 Å². The Balaban J connectivity index is 2.60. The number of halogens is 2. The molecule has 0 saturated carbocycles. The molecule has 0 aliphatic rings. The predicted molar refractivity (Wildman–Crippen MR) is 73.9 cm³/mol. The fourth-order valence-electron chi connectivity index (χ4n) is 1.93. The summed E-state index contributed by atoms with van der Waals surface area (Å²) in [5.74, 6) is 0. The quantitative estimate of drug-likeness (QED) is 0.921. The summed E-state index contributed by atoms with van der Waals surface area (Å²) >= 11 is 12.3. The average Bonchev–Trinajstić information content (AvgIpc) is 2.31. The SMILES string of the molecule is Cc1cc(CCCN)nc2c(Cl)ccc(Cl)c12. The van der Waals surface area contributed by atoms with Crippen molar-refractivity contribution in [2.45, 2.75) is 19.8 Å². The van der Waals surface area contributed by atoms with Crippen molar-refractivity contribution in [3.8, 4) is 0 Å². The molecule has 1 aromatic carbocycles. The van der Waals surface area contributed by atoms with Gasteiger partial charge in [-0.1, -0.05) is 23.2 Å². The van der Waals surface area contributed by atoms with Crippen molar-refractivity contribution in [1.29, 1.82) is 0 Å². The van der Waals surface area contributed by atoms with Crippen molar-refractivity contribution in [2.75, 3.05) is 6.54 Å². The van der Waals surface area contributed by atoms with E-state index in [4.69, 9.17) is 28.9 Å². The van der Waals surface area contributed by atoms with E-state index in [-0.39, 0.29) is 0 Å². The minimum atomic E-state index is 0.641. The van der Waals surface area contributed by atoms with E-state index in [0.29, 0.717) is 16.6 Å². The molecule has 90 valence electrons. The van der Waals surface area contributed by atoms with E-state index in [0.717, 1.165) is 35.0 Å². The molecule has 2 N–H and O–H groups in total. The van der Waals surface area contributed by atoms with Crippen molar-refractivity contribution in [1.82, 2.24) is 4.98 Å². The fourth-order valence-corrected chi connectivity index (χ4v) is 2.44. The maximum Gasteiger partial charge on any atom is 0.0909 e. The lowest BCUT2D eigenvalue weighted by atomic mass is 10.1. The van der Waals surface area contributed by atoms with Gasteiger partial charge < -0.3 is 5.73 Å². The molecule has 1 aromatic heterocycles. The number of nitrogens with zero attached hydrogens (tertiary/aromatic N) is 1. The first kappa shape index (κ1) is 12.6. The molecule has 1 heterocycles. The number of rotatable bonds is 3. The zero-order valence-corrected chi connectivity index (χ0v) is 11.1. The molecule has 2 aromatic rings. The molecule has 0 spiro atoms. The van der Waals surface area contributed by atoms with Crippen LogP contribution in [-0.2, 0) is 6.42 Å². The highest BCUT2D eigenvalue weighted by Crippen LogP contribution is 2.31. The molecule has 4 heteroatoms. The van der Waals surface area contributed by atoms with E-state index >= 15 is 0 Å². The molecule has 0 radical (unpaired) electrons. The maximum atomic E-state index is 6.17. The highest BCUT2D eigenvalue weighted by atomic mass is 35.5. The third-order valence-electron chi connectivity index (χ3n) is 2.75. The molecule has 2 rings (SSSR count). The number of aromatic nitrogens is 1. The van der Waals surface area contributed by atoms with Gasteiger partial charge in [-0.2, -0.15) is 0 Å². The Kier molecular flexibility index (Phi) is 3.87. The van der Waals surface area contributed by atoms with Crippen molar-refractivity contribution >= 4 is 34.1 Å². The maximum absolute atomic E-state index is 6.17. The van der Waals surface area contributed by atoms with Gasteiger partial charge in [-0.25, -0.2) is 0 Å². The Morgan fingerprint density at radius 2 is 1.94 bits per heavy atom. The summed E-state index contributed by atoms with van der Waals surface area (Å²) in [5, 5.41) is 2.28. The van der Waals surface area contributed by atoms with E-state index in [9.17, 15) is 0 Å². The molecule has 0 saturated heterocycles. The number of pyridine rings is 1. The zero-order valence-electron chi connectivity index (χ0n) is 9.63. The second-order valence-electron chi connectivity index (χ2n) is 4.08. The Labute approximate surface area is 111 Å². The molecule has 2 nitrogen and oxygen atoms in total. The van der Waals surface area contributed by atoms with Crippen molar-refractivity contribution in [3.05, 3.63) is 39.5 Å². The first-order valence-corrected chi connectivity index (χ1v) is 6.33. The number of hydrogen-bond donors (Lipinski definition) is 1. The standard InChI is InChI=1S/C13H14Cl2N2/c1-8-7-9(3-2-6-16)17-13-11(15)5-4-10(14)12(8)13/h4-5,7H,2-3,6,16H2,1H3. The Hall–Kier alpha value is -0.830. The topological polar surface area (TPSA) is 38.9 Å². The van der Waals surface area contributed by atoms with Crippen LogP contribution in [0.25, 0.3) is 10.9 Å². The summed E-state index contributed by atoms with van der Waals surface area (Å²) in [5.41, 5.74) is 8.41. The molecule has 0 bridgehead atoms. The van der Waals surface area contributed by atoms with Crippen LogP contribution in [0.15, 0.2) is 18.2 Å². The molecule has 0 amide bonds. The first-order valence-electron chi connectivity index (χ1n) is 5.58. The highest BCUT2D eigenvalue weighted by molar-refractivity contribution is 6.40. The smallest absolute Gasteiger partial charge is 0.0909 e. The van der Waals surface area contributed by atoms with E-state index < -0.39 is 0 Å². The summed E-state index contributed by atoms with van der Waals surface area (Å²) in [4.78, 5) is 4.56. The Morgan fingerprint density at radius 1 is 1.24 bits per heavy atom. The van der Waals surface area contributed by atoms with Gasteiger partial charge in [0.05, 0.1) is 15.6 Å². The Bertz CT molecular complexity index is 553. The summed E-state index contributed by atoms with van der Waals surface area (Å²) < 4.78 is 0. The van der Waals surface area contributed by atoms with Crippen LogP contribution in [0.4, 0.5) is 0 Å². The van der Waals surface area contributed by atoms with Crippen molar-refractivity contribution < 1.29 is 0 Å². The van der Waals surface area contributed by atoms with Gasteiger partial charge in [0.2, 0.25) is 0 Å². The van der Waals surface area contributed by atoms with Gasteiger partial charge in [-0.05, 0) is 50.1 Å². The van der Waals surface area contributed by atoms with Gasteiger partial charge in [0, 0.05) is 11.1 Å². The van der Waals surface area contributed by atoms with Crippen LogP contribution in [-0.4, -0.2) is 11.5 Å². The van der Waals surface area contributed by atoms with Crippen molar-refractivity contribution in [2.24, 2.45) is 5.73 Å². The minimum Gasteiger partial charge on any atom is -0.330 e. The molecule has 0 aliphatic carbocycles. The van der Waals surface area contributed by atoms with E-state index in [1.165, 1.54) is 0 Å². The van der Waals surface area contributed by atoms with Crippen LogP contribution in [0.3, 0.4) is 0 Å². The van der Waals surface area contributed by atoms with Gasteiger partial charge >= 0.3 is 0 Å². The average molecular weight is 269 g/mol. The van der Waals surface area contributed by atoms with Crippen LogP contribution in [0, 0.1) is 6.92 Å². The van der Waals surface area contributed by atoms with E-state index in [2.05, 4.69) is 11.1 Å². The van der Waals surface area contributed by atoms with E-state index in [1.807, 2.05) is 6.92 Å². The van der Waals surface area contributed by atoms with Crippen LogP contribution >= 0.6 is 23.2 Å². The minimum absolute atomic E-state index is 0.641. The lowest BCUT2D eigenvalue weighted by molar-refractivity contribution is 0.813. The molecule has 17 heavy (non-hydrogen) atoms. The first-order chi connectivity index (χ1) is 8.13. The molecule has 0 unspecified atom stereocenters. The molecule has 0 fully saturated rings. The van der Waals surface area contributed by atoms with Gasteiger partial charge in [0.15, 0.2) is 0 Å². The Morgan fingerprint density at radius 3 is 2.65 bits per heavy atom. The third kappa shape index (κ3) is 2.54. The van der Waals surface area contributed by atoms with E-state index in [1.54, 1.807) is 12.1 Å². The lowest BCUT2D eigenvalue weighted by Gasteiger charge is -2.09. The normalized spacial score (nSPS) is 11.1. The summed E-state index contributed by atoms with van der Waals surface area (Å²) in [7, 11) is 0. The molecular weight excluding hydrogens is 255 g/mol. The molecular formula is C13H14Cl2N2. The summed E-state index contributed by atoms with van der Waals surface area (Å²) in [6.45, 7) is 2.69. The number of benzene rings is 1. The van der Waals surface area contributed by atoms with Gasteiger partial charge in [0.1, 0.15) is 0 Å². The summed E-state index contributed by atoms with van der Waals surface area (Å²) in [6, 6.07) is 5.64. The van der Waals surface area contributed by atoms with Crippen molar-refractivity contribution in [3.63, 3.8) is 0 Å². The van der Waals surface area contributed by atoms with Gasteiger partial charge in [-0.15, -0.1) is 0 Å². The highest BCUT2D eigenvalue weighted by Gasteiger charge is 2.09. The number of nitrogens with two attached hydrogens (primary N) is 1. The summed E-state index contributed by atoms with van der Waals surface area (Å²) in [6.07, 6.45) is 1.80. The lowest BCUT2D eigenvalue weighted by Crippen LogP contribution is -2.02. The van der Waals surface area contributed by atoms with Crippen LogP contribution in [0.2, 0.25) is 10.0 Å². The number of hydrogen-bond acceptors (Lipinski definition) is 2. The largest absolute Gasteiger partial charge is 0.330 e. The monoisotopic (exact) mass is 268 g/mol. The third-order valence-corrected chi connectivity index (χ3v) is 3.37. The zero-order chi connectivity index (χ0) is 12.4. The van der Waals surface area contributed by atoms with Crippen LogP contribution < -0.4 is 5.73 Å². The number of aryl methyl sites for hydroxylation is 2. The van der Waals surface area contributed by atoms with Crippen LogP contribution in [0.1, 0.15) is 17.7 Å². The fraction of sp³-hybridized carbons (Fsp3) is 0.308. The van der Waals surface area contributed by atoms with Crippen LogP contribution in [0.5, 0.6) is 0 Å². The number of fused-ring (bicyclic) bond motifs is 1. The van der Waals surface area contributed by atoms with Gasteiger partial charge in [0.25, 0.3) is 0 Å².